The van der Waals surface area contributed by atoms with Crippen molar-refractivity contribution in [3.8, 4) is 0 Å². The topological polar surface area (TPSA) is 79.2 Å². The van der Waals surface area contributed by atoms with Gasteiger partial charge in [-0.3, -0.25) is 4.29 Å². The molecule has 1 saturated heterocycles. The van der Waals surface area contributed by atoms with E-state index in [0.29, 0.717) is 0 Å². The predicted octanol–water partition coefficient (Wildman–Crippen LogP) is -1.01. The van der Waals surface area contributed by atoms with Crippen LogP contribution in [0.3, 0.4) is 0 Å². The lowest BCUT2D eigenvalue weighted by molar-refractivity contribution is -0.212. The van der Waals surface area contributed by atoms with Crippen LogP contribution in [0.5, 0.6) is 0 Å². The minimum Gasteiger partial charge on any atom is -0.394 e. The number of hydrogen-bond acceptors (Lipinski definition) is 5. The Hall–Kier alpha value is 0.0900. The van der Waals surface area contributed by atoms with E-state index in [1.54, 1.807) is 0 Å². The molecule has 0 aromatic carbocycles. The zero-order valence-corrected chi connectivity index (χ0v) is 7.23. The molecular formula is C6H11ClO5. The van der Waals surface area contributed by atoms with Gasteiger partial charge in [-0.2, -0.15) is 0 Å². The molecule has 6 heteroatoms. The van der Waals surface area contributed by atoms with Gasteiger partial charge in [0.25, 0.3) is 0 Å². The fraction of sp³-hybridized carbons (Fsp3) is 1.00. The van der Waals surface area contributed by atoms with Gasteiger partial charge in [-0.25, -0.2) is 0 Å². The maximum atomic E-state index is 9.42. The molecule has 0 aromatic rings. The predicted molar refractivity (Wildman–Crippen MR) is 39.3 cm³/mol. The fourth-order valence-electron chi connectivity index (χ4n) is 1.24. The van der Waals surface area contributed by atoms with Crippen molar-refractivity contribution in [2.75, 3.05) is 6.61 Å². The van der Waals surface area contributed by atoms with Gasteiger partial charge in [0, 0.05) is 0 Å². The standard InChI is InChI=1S/C6H11ClO5/c1-6(10)5(12-7)4(9)3(2-8)11-6/h3-5,8-10H,2H2,1H3/t3-,4-,5+,6-/m1/s1. The molecule has 1 rings (SSSR count). The van der Waals surface area contributed by atoms with E-state index in [1.165, 1.54) is 6.92 Å². The summed E-state index contributed by atoms with van der Waals surface area (Å²) in [6.07, 6.45) is -3.03. The SMILES string of the molecule is C[C@@]1(O)O[C@H](CO)[C@@H](O)[C@@H]1OCl. The molecule has 0 spiro atoms. The molecule has 3 N–H and O–H groups in total. The highest BCUT2D eigenvalue weighted by atomic mass is 35.5. The van der Waals surface area contributed by atoms with Crippen molar-refractivity contribution >= 4 is 11.9 Å². The molecule has 1 aliphatic heterocycles. The molecule has 0 saturated carbocycles. The molecule has 1 heterocycles. The van der Waals surface area contributed by atoms with E-state index in [9.17, 15) is 10.2 Å². The van der Waals surface area contributed by atoms with Crippen molar-refractivity contribution < 1.29 is 24.3 Å². The Kier molecular flexibility index (Phi) is 2.92. The minimum absolute atomic E-state index is 0.395. The van der Waals surface area contributed by atoms with E-state index >= 15 is 0 Å². The van der Waals surface area contributed by atoms with Crippen LogP contribution in [-0.2, 0) is 9.03 Å². The van der Waals surface area contributed by atoms with Crippen molar-refractivity contribution in [1.29, 1.82) is 0 Å². The zero-order chi connectivity index (χ0) is 9.35. The van der Waals surface area contributed by atoms with Crippen molar-refractivity contribution in [1.82, 2.24) is 0 Å². The first-order valence-electron chi connectivity index (χ1n) is 3.49. The first kappa shape index (κ1) is 10.2. The van der Waals surface area contributed by atoms with Crippen LogP contribution >= 0.6 is 11.9 Å². The van der Waals surface area contributed by atoms with E-state index in [2.05, 4.69) is 4.29 Å². The van der Waals surface area contributed by atoms with Crippen molar-refractivity contribution in [3.63, 3.8) is 0 Å². The van der Waals surface area contributed by atoms with Crippen LogP contribution in [0.4, 0.5) is 0 Å². The van der Waals surface area contributed by atoms with Gasteiger partial charge in [0.05, 0.1) is 18.5 Å². The summed E-state index contributed by atoms with van der Waals surface area (Å²) < 4.78 is 9.17. The highest BCUT2D eigenvalue weighted by molar-refractivity contribution is 6.07. The molecule has 0 bridgehead atoms. The van der Waals surface area contributed by atoms with Crippen LogP contribution in [-0.4, -0.2) is 46.0 Å². The second kappa shape index (κ2) is 3.45. The summed E-state index contributed by atoms with van der Waals surface area (Å²) in [5.41, 5.74) is 0. The Balaban J connectivity index is 2.72. The largest absolute Gasteiger partial charge is 0.394 e. The summed E-state index contributed by atoms with van der Waals surface area (Å²) in [6, 6.07) is 0. The third-order valence-corrected chi connectivity index (χ3v) is 2.08. The molecule has 0 amide bonds. The number of aliphatic hydroxyl groups excluding tert-OH is 2. The Morgan fingerprint density at radius 3 is 2.50 bits per heavy atom. The molecule has 0 unspecified atom stereocenters. The average Bonchev–Trinajstić information content (AvgIpc) is 2.21. The average molecular weight is 199 g/mol. The summed E-state index contributed by atoms with van der Waals surface area (Å²) in [5, 5.41) is 27.4. The summed E-state index contributed by atoms with van der Waals surface area (Å²) in [7, 11) is 0. The lowest BCUT2D eigenvalue weighted by atomic mass is 10.1. The van der Waals surface area contributed by atoms with Gasteiger partial charge in [0.2, 0.25) is 0 Å². The van der Waals surface area contributed by atoms with Gasteiger partial charge >= 0.3 is 0 Å². The second-order valence-electron chi connectivity index (χ2n) is 2.89. The lowest BCUT2D eigenvalue weighted by Gasteiger charge is -2.21. The van der Waals surface area contributed by atoms with Gasteiger partial charge in [-0.1, -0.05) is 0 Å². The Morgan fingerprint density at radius 2 is 2.25 bits per heavy atom. The third-order valence-electron chi connectivity index (χ3n) is 1.88. The third kappa shape index (κ3) is 1.56. The molecule has 0 aromatic heterocycles. The zero-order valence-electron chi connectivity index (χ0n) is 6.48. The van der Waals surface area contributed by atoms with E-state index in [1.807, 2.05) is 0 Å². The van der Waals surface area contributed by atoms with Crippen LogP contribution in [0.25, 0.3) is 0 Å². The second-order valence-corrected chi connectivity index (χ2v) is 3.07. The van der Waals surface area contributed by atoms with Crippen molar-refractivity contribution in [2.24, 2.45) is 0 Å². The summed E-state index contributed by atoms with van der Waals surface area (Å²) in [4.78, 5) is 0. The van der Waals surface area contributed by atoms with Gasteiger partial charge < -0.3 is 20.1 Å². The van der Waals surface area contributed by atoms with Crippen molar-refractivity contribution in [3.05, 3.63) is 0 Å². The van der Waals surface area contributed by atoms with E-state index in [4.69, 9.17) is 21.7 Å². The van der Waals surface area contributed by atoms with Gasteiger partial charge in [0.15, 0.2) is 11.9 Å². The van der Waals surface area contributed by atoms with Crippen LogP contribution in [0.15, 0.2) is 0 Å². The van der Waals surface area contributed by atoms with Crippen molar-refractivity contribution in [2.45, 2.75) is 31.0 Å². The van der Waals surface area contributed by atoms with Gasteiger partial charge in [-0.15, -0.1) is 0 Å². The molecule has 1 aliphatic rings. The molecular weight excluding hydrogens is 188 g/mol. The Morgan fingerprint density at radius 1 is 1.67 bits per heavy atom. The molecule has 0 radical (unpaired) electrons. The van der Waals surface area contributed by atoms with Crippen LogP contribution in [0, 0.1) is 0 Å². The number of rotatable bonds is 2. The number of ether oxygens (including phenoxy) is 1. The van der Waals surface area contributed by atoms with Crippen LogP contribution < -0.4 is 0 Å². The quantitative estimate of drug-likeness (QED) is 0.530. The van der Waals surface area contributed by atoms with Gasteiger partial charge in [-0.05, 0) is 6.92 Å². The maximum Gasteiger partial charge on any atom is 0.194 e. The monoisotopic (exact) mass is 198 g/mol. The minimum atomic E-state index is -1.66. The van der Waals surface area contributed by atoms with Gasteiger partial charge in [0.1, 0.15) is 12.2 Å². The summed E-state index contributed by atoms with van der Waals surface area (Å²) in [5.74, 6) is -1.66. The van der Waals surface area contributed by atoms with Crippen LogP contribution in [0.1, 0.15) is 6.92 Å². The smallest absolute Gasteiger partial charge is 0.194 e. The molecule has 4 atom stereocenters. The fourth-order valence-corrected chi connectivity index (χ4v) is 1.51. The molecule has 12 heavy (non-hydrogen) atoms. The molecule has 1 fully saturated rings. The summed E-state index contributed by atoms with van der Waals surface area (Å²) >= 11 is 5.03. The molecule has 0 aliphatic carbocycles. The maximum absolute atomic E-state index is 9.42. The summed E-state index contributed by atoms with van der Waals surface area (Å²) in [6.45, 7) is 0.910. The number of halogens is 1. The Labute approximate surface area is 74.6 Å². The molecule has 5 nitrogen and oxygen atoms in total. The molecule has 72 valence electrons. The normalized spacial score (nSPS) is 48.2. The highest BCUT2D eigenvalue weighted by Crippen LogP contribution is 2.31. The first-order chi connectivity index (χ1) is 5.53. The van der Waals surface area contributed by atoms with E-state index in [0.717, 1.165) is 0 Å². The number of hydrogen-bond donors (Lipinski definition) is 3. The highest BCUT2D eigenvalue weighted by Gasteiger charge is 2.51. The van der Waals surface area contributed by atoms with Crippen LogP contribution in [0.2, 0.25) is 0 Å². The number of aliphatic hydroxyl groups is 3. The Bertz CT molecular complexity index is 162. The first-order valence-corrected chi connectivity index (χ1v) is 3.80. The van der Waals surface area contributed by atoms with E-state index in [-0.39, 0.29) is 0 Å². The lowest BCUT2D eigenvalue weighted by Crippen LogP contribution is -2.41. The van der Waals surface area contributed by atoms with E-state index < -0.39 is 30.7 Å².